The van der Waals surface area contributed by atoms with Crippen LogP contribution in [0.2, 0.25) is 0 Å². The van der Waals surface area contributed by atoms with Crippen molar-refractivity contribution in [1.29, 1.82) is 0 Å². The third-order valence-corrected chi connectivity index (χ3v) is 3.39. The van der Waals surface area contributed by atoms with Crippen LogP contribution in [0.5, 0.6) is 0 Å². The van der Waals surface area contributed by atoms with Gasteiger partial charge in [0.1, 0.15) is 4.99 Å². The molecule has 6 nitrogen and oxygen atoms in total. The second-order valence-electron chi connectivity index (χ2n) is 3.92. The highest BCUT2D eigenvalue weighted by atomic mass is 32.2. The van der Waals surface area contributed by atoms with Crippen LogP contribution in [0.4, 0.5) is 0 Å². The van der Waals surface area contributed by atoms with Crippen LogP contribution in [-0.2, 0) is 10.0 Å². The number of benzene rings is 1. The lowest BCUT2D eigenvalue weighted by molar-refractivity contribution is 0.0953. The van der Waals surface area contributed by atoms with Crippen molar-refractivity contribution in [3.05, 3.63) is 35.4 Å². The molecule has 1 aromatic rings. The van der Waals surface area contributed by atoms with Crippen molar-refractivity contribution in [2.24, 2.45) is 10.9 Å². The number of sulfonamides is 1. The number of hydrogen-bond acceptors (Lipinski definition) is 4. The van der Waals surface area contributed by atoms with Crippen LogP contribution in [0.1, 0.15) is 22.3 Å². The molecule has 0 fully saturated rings. The van der Waals surface area contributed by atoms with Crippen molar-refractivity contribution in [3.63, 3.8) is 0 Å². The van der Waals surface area contributed by atoms with Gasteiger partial charge < -0.3 is 11.1 Å². The summed E-state index contributed by atoms with van der Waals surface area (Å²) in [5, 5.41) is 7.44. The minimum absolute atomic E-state index is 0.166. The lowest BCUT2D eigenvalue weighted by Crippen LogP contribution is -2.27. The van der Waals surface area contributed by atoms with Gasteiger partial charge in [0.25, 0.3) is 5.91 Å². The number of amides is 1. The fraction of sp³-hybridized carbons (Fsp3) is 0.273. The van der Waals surface area contributed by atoms with E-state index in [4.69, 9.17) is 23.1 Å². The molecular formula is C11H15N3O3S2. The second kappa shape index (κ2) is 6.60. The van der Waals surface area contributed by atoms with Crippen LogP contribution in [-0.4, -0.2) is 31.6 Å². The summed E-state index contributed by atoms with van der Waals surface area (Å²) < 4.78 is 21.4. The van der Waals surface area contributed by atoms with Crippen LogP contribution in [0, 0.1) is 0 Å². The van der Waals surface area contributed by atoms with Crippen molar-refractivity contribution in [2.75, 3.05) is 12.3 Å². The van der Waals surface area contributed by atoms with Gasteiger partial charge in [-0.2, -0.15) is 0 Å². The number of nitrogens with one attached hydrogen (secondary N) is 1. The predicted molar refractivity (Wildman–Crippen MR) is 77.3 cm³/mol. The summed E-state index contributed by atoms with van der Waals surface area (Å²) in [6.45, 7) is 0.229. The fourth-order valence-electron chi connectivity index (χ4n) is 1.39. The number of thiocarbonyl (C=S) groups is 1. The Hall–Kier alpha value is -1.51. The predicted octanol–water partition coefficient (Wildman–Crippen LogP) is -0.271. The Balaban J connectivity index is 2.54. The van der Waals surface area contributed by atoms with Crippen LogP contribution >= 0.6 is 12.2 Å². The number of primary sulfonamides is 1. The number of carbonyl (C=O) groups excluding carboxylic acids is 1. The largest absolute Gasteiger partial charge is 0.389 e. The smallest absolute Gasteiger partial charge is 0.251 e. The molecule has 104 valence electrons. The monoisotopic (exact) mass is 301 g/mol. The van der Waals surface area contributed by atoms with E-state index in [1.54, 1.807) is 24.3 Å². The highest BCUT2D eigenvalue weighted by Crippen LogP contribution is 2.05. The van der Waals surface area contributed by atoms with E-state index in [9.17, 15) is 13.2 Å². The van der Waals surface area contributed by atoms with Crippen molar-refractivity contribution in [2.45, 2.75) is 6.42 Å². The van der Waals surface area contributed by atoms with Crippen LogP contribution in [0.15, 0.2) is 24.3 Å². The first-order chi connectivity index (χ1) is 8.79. The van der Waals surface area contributed by atoms with Gasteiger partial charge in [-0.05, 0) is 18.6 Å². The molecule has 0 aliphatic rings. The Labute approximate surface area is 117 Å². The molecule has 8 heteroatoms. The van der Waals surface area contributed by atoms with Gasteiger partial charge in [0.15, 0.2) is 0 Å². The van der Waals surface area contributed by atoms with Crippen LogP contribution < -0.4 is 16.2 Å². The first kappa shape index (κ1) is 15.5. The summed E-state index contributed by atoms with van der Waals surface area (Å²) in [5.41, 5.74) is 6.49. The maximum atomic E-state index is 11.8. The van der Waals surface area contributed by atoms with E-state index in [1.165, 1.54) is 0 Å². The highest BCUT2D eigenvalue weighted by molar-refractivity contribution is 7.89. The first-order valence-corrected chi connectivity index (χ1v) is 7.60. The van der Waals surface area contributed by atoms with Gasteiger partial charge in [-0.15, -0.1) is 0 Å². The molecular weight excluding hydrogens is 286 g/mol. The standard InChI is InChI=1S/C11H15N3O3S2/c12-10(18)8-3-1-4-9(7-8)11(15)14-5-2-6-19(13,16)17/h1,3-4,7H,2,5-6H2,(H2,12,18)(H,14,15)(H2,13,16,17). The Bertz CT molecular complexity index is 585. The Kier molecular flexibility index (Phi) is 5.40. The Morgan fingerprint density at radius 3 is 2.53 bits per heavy atom. The van der Waals surface area contributed by atoms with Gasteiger partial charge in [0.05, 0.1) is 5.75 Å². The van der Waals surface area contributed by atoms with E-state index in [1.807, 2.05) is 0 Å². The van der Waals surface area contributed by atoms with Crippen LogP contribution in [0.3, 0.4) is 0 Å². The average Bonchev–Trinajstić information content (AvgIpc) is 2.33. The fourth-order valence-corrected chi connectivity index (χ4v) is 2.06. The zero-order valence-corrected chi connectivity index (χ0v) is 11.8. The van der Waals surface area contributed by atoms with E-state index >= 15 is 0 Å². The number of carbonyl (C=O) groups is 1. The molecule has 0 saturated carbocycles. The van der Waals surface area contributed by atoms with Gasteiger partial charge in [-0.1, -0.05) is 24.4 Å². The molecule has 0 radical (unpaired) electrons. The zero-order chi connectivity index (χ0) is 14.5. The van der Waals surface area contributed by atoms with E-state index in [2.05, 4.69) is 5.32 Å². The highest BCUT2D eigenvalue weighted by Gasteiger charge is 2.07. The molecule has 1 rings (SSSR count). The van der Waals surface area contributed by atoms with Gasteiger partial charge in [0, 0.05) is 17.7 Å². The Morgan fingerprint density at radius 2 is 1.95 bits per heavy atom. The number of nitrogens with two attached hydrogens (primary N) is 2. The molecule has 1 aromatic carbocycles. The summed E-state index contributed by atoms with van der Waals surface area (Å²) >= 11 is 4.82. The van der Waals surface area contributed by atoms with Gasteiger partial charge in [-0.25, -0.2) is 13.6 Å². The van der Waals surface area contributed by atoms with E-state index in [-0.39, 0.29) is 29.6 Å². The molecule has 0 atom stereocenters. The SMILES string of the molecule is NC(=S)c1cccc(C(=O)NCCCS(N)(=O)=O)c1. The van der Waals surface area contributed by atoms with Gasteiger partial charge in [0.2, 0.25) is 10.0 Å². The lowest BCUT2D eigenvalue weighted by atomic mass is 10.1. The van der Waals surface area contributed by atoms with E-state index < -0.39 is 10.0 Å². The molecule has 19 heavy (non-hydrogen) atoms. The van der Waals surface area contributed by atoms with Crippen molar-refractivity contribution in [1.82, 2.24) is 5.32 Å². The van der Waals surface area contributed by atoms with Crippen LogP contribution in [0.25, 0.3) is 0 Å². The minimum Gasteiger partial charge on any atom is -0.389 e. The summed E-state index contributed by atoms with van der Waals surface area (Å²) in [4.78, 5) is 12.0. The molecule has 0 spiro atoms. The zero-order valence-electron chi connectivity index (χ0n) is 10.1. The lowest BCUT2D eigenvalue weighted by Gasteiger charge is -2.06. The van der Waals surface area contributed by atoms with E-state index in [0.717, 1.165) is 0 Å². The second-order valence-corrected chi connectivity index (χ2v) is 6.10. The molecule has 5 N–H and O–H groups in total. The summed E-state index contributed by atoms with van der Waals surface area (Å²) in [5.74, 6) is -0.479. The number of rotatable bonds is 6. The maximum absolute atomic E-state index is 11.8. The quantitative estimate of drug-likeness (QED) is 0.494. The summed E-state index contributed by atoms with van der Waals surface area (Å²) in [6.07, 6.45) is 0.263. The average molecular weight is 301 g/mol. The van der Waals surface area contributed by atoms with Crippen molar-refractivity contribution >= 4 is 33.1 Å². The molecule has 0 heterocycles. The molecule has 1 amide bonds. The minimum atomic E-state index is -3.49. The Morgan fingerprint density at radius 1 is 1.32 bits per heavy atom. The van der Waals surface area contributed by atoms with E-state index in [0.29, 0.717) is 11.1 Å². The summed E-state index contributed by atoms with van der Waals surface area (Å²) in [6, 6.07) is 6.59. The first-order valence-electron chi connectivity index (χ1n) is 5.48. The summed E-state index contributed by atoms with van der Waals surface area (Å²) in [7, 11) is -3.49. The third-order valence-electron chi connectivity index (χ3n) is 2.30. The molecule has 0 aliphatic heterocycles. The van der Waals surface area contributed by atoms with Gasteiger partial charge >= 0.3 is 0 Å². The molecule has 0 bridgehead atoms. The van der Waals surface area contributed by atoms with Gasteiger partial charge in [-0.3, -0.25) is 4.79 Å². The third kappa shape index (κ3) is 5.77. The van der Waals surface area contributed by atoms with Crippen molar-refractivity contribution < 1.29 is 13.2 Å². The maximum Gasteiger partial charge on any atom is 0.251 e. The van der Waals surface area contributed by atoms with Crippen molar-refractivity contribution in [3.8, 4) is 0 Å². The number of hydrogen-bond donors (Lipinski definition) is 3. The molecule has 0 saturated heterocycles. The molecule has 0 aromatic heterocycles. The molecule has 0 aliphatic carbocycles. The molecule has 0 unspecified atom stereocenters. The normalized spacial score (nSPS) is 11.0. The topological polar surface area (TPSA) is 115 Å².